The number of hydrogen-bond donors (Lipinski definition) is 3. The normalized spacial score (nSPS) is 13.8. The largest absolute Gasteiger partial charge is 0.480 e. The Morgan fingerprint density at radius 3 is 2.19 bits per heavy atom. The second-order valence-electron chi connectivity index (χ2n) is 7.44. The van der Waals surface area contributed by atoms with Crippen LogP contribution in [0.1, 0.15) is 36.8 Å². The number of amides is 2. The standard InChI is InChI=1S/C24H24N2O5/c1-3-8-21(23(28)29)26-22(27)13-15(2)25-24(30)31-14-20-18-11-6-4-9-16(18)17-10-5-7-12-19(17)20/h1,4-7,9-12,15,20-21H,8,13-14H2,2H3,(H,25,30)(H,26,27)(H,28,29)/t15-,21?/m1/s1. The van der Waals surface area contributed by atoms with E-state index in [0.29, 0.717) is 0 Å². The van der Waals surface area contributed by atoms with Crippen LogP contribution in [0.4, 0.5) is 4.79 Å². The van der Waals surface area contributed by atoms with Gasteiger partial charge in [0, 0.05) is 24.8 Å². The van der Waals surface area contributed by atoms with Gasteiger partial charge >= 0.3 is 12.1 Å². The number of carbonyl (C=O) groups excluding carboxylic acids is 2. The van der Waals surface area contributed by atoms with Crippen molar-refractivity contribution in [3.05, 3.63) is 59.7 Å². The van der Waals surface area contributed by atoms with Gasteiger partial charge in [0.2, 0.25) is 5.91 Å². The van der Waals surface area contributed by atoms with Crippen LogP contribution >= 0.6 is 0 Å². The molecule has 0 saturated heterocycles. The molecule has 0 bridgehead atoms. The zero-order chi connectivity index (χ0) is 22.4. The highest BCUT2D eigenvalue weighted by Gasteiger charge is 2.29. The number of benzene rings is 2. The fourth-order valence-corrected chi connectivity index (χ4v) is 3.74. The number of ether oxygens (including phenoxy) is 1. The van der Waals surface area contributed by atoms with E-state index >= 15 is 0 Å². The molecule has 3 rings (SSSR count). The summed E-state index contributed by atoms with van der Waals surface area (Å²) in [4.78, 5) is 35.4. The minimum atomic E-state index is -1.21. The Morgan fingerprint density at radius 1 is 1.06 bits per heavy atom. The van der Waals surface area contributed by atoms with E-state index in [2.05, 4.69) is 28.7 Å². The molecular formula is C24H24N2O5. The Labute approximate surface area is 180 Å². The molecule has 1 aliphatic carbocycles. The highest BCUT2D eigenvalue weighted by Crippen LogP contribution is 2.44. The first-order chi connectivity index (χ1) is 14.9. The summed E-state index contributed by atoms with van der Waals surface area (Å²) in [5, 5.41) is 14.0. The number of alkyl carbamates (subject to hydrolysis) is 1. The molecule has 2 aromatic carbocycles. The van der Waals surface area contributed by atoms with E-state index in [0.717, 1.165) is 22.3 Å². The van der Waals surface area contributed by atoms with Crippen molar-refractivity contribution in [2.45, 2.75) is 37.8 Å². The van der Waals surface area contributed by atoms with Crippen LogP contribution in [0.2, 0.25) is 0 Å². The summed E-state index contributed by atoms with van der Waals surface area (Å²) in [6, 6.07) is 14.4. The van der Waals surface area contributed by atoms with Crippen LogP contribution in [0.3, 0.4) is 0 Å². The van der Waals surface area contributed by atoms with E-state index in [1.165, 1.54) is 0 Å². The number of carbonyl (C=O) groups is 3. The van der Waals surface area contributed by atoms with Crippen molar-refractivity contribution in [2.24, 2.45) is 0 Å². The molecule has 31 heavy (non-hydrogen) atoms. The summed E-state index contributed by atoms with van der Waals surface area (Å²) in [7, 11) is 0. The first kappa shape index (κ1) is 21.9. The van der Waals surface area contributed by atoms with Gasteiger partial charge in [-0.1, -0.05) is 48.5 Å². The molecule has 2 aromatic rings. The van der Waals surface area contributed by atoms with Crippen LogP contribution < -0.4 is 10.6 Å². The molecule has 0 aliphatic heterocycles. The average molecular weight is 420 g/mol. The van der Waals surface area contributed by atoms with Gasteiger partial charge in [-0.25, -0.2) is 9.59 Å². The molecule has 7 nitrogen and oxygen atoms in total. The Bertz CT molecular complexity index is 981. The summed E-state index contributed by atoms with van der Waals surface area (Å²) < 4.78 is 5.45. The number of fused-ring (bicyclic) bond motifs is 3. The van der Waals surface area contributed by atoms with Gasteiger partial charge < -0.3 is 20.5 Å². The second-order valence-corrected chi connectivity index (χ2v) is 7.44. The molecule has 3 N–H and O–H groups in total. The summed E-state index contributed by atoms with van der Waals surface area (Å²) in [6.45, 7) is 1.81. The highest BCUT2D eigenvalue weighted by molar-refractivity contribution is 5.84. The fraction of sp³-hybridized carbons (Fsp3) is 0.292. The van der Waals surface area contributed by atoms with Crippen molar-refractivity contribution in [3.8, 4) is 23.5 Å². The summed E-state index contributed by atoms with van der Waals surface area (Å²) in [5.41, 5.74) is 4.49. The van der Waals surface area contributed by atoms with Crippen LogP contribution in [-0.2, 0) is 14.3 Å². The molecule has 1 aliphatic rings. The fourth-order valence-electron chi connectivity index (χ4n) is 3.74. The molecule has 0 aromatic heterocycles. The van der Waals surface area contributed by atoms with E-state index < -0.39 is 30.1 Å². The number of carboxylic acid groups (broad SMARTS) is 1. The predicted molar refractivity (Wildman–Crippen MR) is 115 cm³/mol. The van der Waals surface area contributed by atoms with E-state index in [4.69, 9.17) is 16.3 Å². The SMILES string of the molecule is C#CCC(NC(=O)C[C@@H](C)NC(=O)OCC1c2ccccc2-c2ccccc21)C(=O)O. The predicted octanol–water partition coefficient (Wildman–Crippen LogP) is 2.90. The van der Waals surface area contributed by atoms with Crippen LogP contribution in [0, 0.1) is 12.3 Å². The van der Waals surface area contributed by atoms with Gasteiger partial charge in [0.05, 0.1) is 0 Å². The van der Waals surface area contributed by atoms with Gasteiger partial charge in [-0.2, -0.15) is 0 Å². The minimum absolute atomic E-state index is 0.0585. The Hall–Kier alpha value is -3.79. The molecule has 1 unspecified atom stereocenters. The van der Waals surface area contributed by atoms with Crippen molar-refractivity contribution < 1.29 is 24.2 Å². The van der Waals surface area contributed by atoms with Gasteiger partial charge in [-0.05, 0) is 29.2 Å². The second kappa shape index (κ2) is 9.81. The molecule has 0 heterocycles. The maximum absolute atomic E-state index is 12.3. The Morgan fingerprint density at radius 2 is 1.65 bits per heavy atom. The van der Waals surface area contributed by atoms with Crippen LogP contribution in [-0.4, -0.2) is 41.8 Å². The highest BCUT2D eigenvalue weighted by atomic mass is 16.5. The number of terminal acetylenes is 1. The zero-order valence-electron chi connectivity index (χ0n) is 17.1. The van der Waals surface area contributed by atoms with Crippen LogP contribution in [0.5, 0.6) is 0 Å². The lowest BCUT2D eigenvalue weighted by molar-refractivity contribution is -0.141. The van der Waals surface area contributed by atoms with Crippen LogP contribution in [0.25, 0.3) is 11.1 Å². The van der Waals surface area contributed by atoms with Crippen molar-refractivity contribution >= 4 is 18.0 Å². The van der Waals surface area contributed by atoms with Crippen molar-refractivity contribution in [1.82, 2.24) is 10.6 Å². The number of carboxylic acids is 1. The van der Waals surface area contributed by atoms with Gasteiger partial charge in [-0.15, -0.1) is 12.3 Å². The monoisotopic (exact) mass is 420 g/mol. The van der Waals surface area contributed by atoms with Gasteiger partial charge in [0.1, 0.15) is 12.6 Å². The quantitative estimate of drug-likeness (QED) is 0.570. The molecule has 0 radical (unpaired) electrons. The average Bonchev–Trinajstić information content (AvgIpc) is 3.05. The maximum Gasteiger partial charge on any atom is 0.407 e. The molecule has 0 spiro atoms. The third-order valence-electron chi connectivity index (χ3n) is 5.15. The smallest absolute Gasteiger partial charge is 0.407 e. The minimum Gasteiger partial charge on any atom is -0.480 e. The van der Waals surface area contributed by atoms with Gasteiger partial charge in [-0.3, -0.25) is 4.79 Å². The lowest BCUT2D eigenvalue weighted by Crippen LogP contribution is -2.44. The summed E-state index contributed by atoms with van der Waals surface area (Å²) >= 11 is 0. The Balaban J connectivity index is 1.53. The van der Waals surface area contributed by atoms with Crippen LogP contribution in [0.15, 0.2) is 48.5 Å². The van der Waals surface area contributed by atoms with Crippen molar-refractivity contribution in [1.29, 1.82) is 0 Å². The van der Waals surface area contributed by atoms with Gasteiger partial charge in [0.15, 0.2) is 0 Å². The third kappa shape index (κ3) is 5.23. The molecule has 7 heteroatoms. The zero-order valence-corrected chi connectivity index (χ0v) is 17.1. The summed E-state index contributed by atoms with van der Waals surface area (Å²) in [6.07, 6.45) is 4.26. The van der Waals surface area contributed by atoms with E-state index in [9.17, 15) is 14.4 Å². The molecular weight excluding hydrogens is 396 g/mol. The number of hydrogen-bond acceptors (Lipinski definition) is 4. The molecule has 0 fully saturated rings. The molecule has 2 atom stereocenters. The number of rotatable bonds is 8. The van der Waals surface area contributed by atoms with Gasteiger partial charge in [0.25, 0.3) is 0 Å². The topological polar surface area (TPSA) is 105 Å². The van der Waals surface area contributed by atoms with Crippen molar-refractivity contribution in [3.63, 3.8) is 0 Å². The van der Waals surface area contributed by atoms with Crippen molar-refractivity contribution in [2.75, 3.05) is 6.61 Å². The van der Waals surface area contributed by atoms with E-state index in [-0.39, 0.29) is 25.4 Å². The molecule has 2 amide bonds. The lowest BCUT2D eigenvalue weighted by Gasteiger charge is -2.18. The first-order valence-electron chi connectivity index (χ1n) is 9.97. The van der Waals surface area contributed by atoms with E-state index in [1.807, 2.05) is 36.4 Å². The molecule has 0 saturated carbocycles. The van der Waals surface area contributed by atoms with E-state index in [1.54, 1.807) is 6.92 Å². The molecule has 160 valence electrons. The maximum atomic E-state index is 12.3. The number of aliphatic carboxylic acids is 1. The summed E-state index contributed by atoms with van der Waals surface area (Å²) in [5.74, 6) is 0.429. The first-order valence-corrected chi connectivity index (χ1v) is 9.97. The third-order valence-corrected chi connectivity index (χ3v) is 5.15. The lowest BCUT2D eigenvalue weighted by atomic mass is 9.98. The number of nitrogens with one attached hydrogen (secondary N) is 2. The Kier molecular flexibility index (Phi) is 6.93.